The average Bonchev–Trinajstić information content (AvgIpc) is 3.53. The third-order valence-corrected chi connectivity index (χ3v) is 21.5. The van der Waals surface area contributed by atoms with Gasteiger partial charge in [-0.1, -0.05) is 53.2 Å². The lowest BCUT2D eigenvalue weighted by Gasteiger charge is -2.71. The summed E-state index contributed by atoms with van der Waals surface area (Å²) in [7, 11) is 0. The normalized spacial score (nSPS) is 54.7. The maximum Gasteiger partial charge on any atom is 0.315 e. The van der Waals surface area contributed by atoms with E-state index in [1.807, 2.05) is 6.92 Å². The van der Waals surface area contributed by atoms with Crippen molar-refractivity contribution in [2.24, 2.45) is 50.2 Å². The largest absolute Gasteiger partial charge is 0.432 e. The van der Waals surface area contributed by atoms with Crippen molar-refractivity contribution in [3.63, 3.8) is 0 Å². The number of carbonyl (C=O) groups excluding carboxylic acids is 1. The highest BCUT2D eigenvalue weighted by atomic mass is 16.8. The van der Waals surface area contributed by atoms with Crippen molar-refractivity contribution < 1.29 is 114 Å². The summed E-state index contributed by atoms with van der Waals surface area (Å²) in [5.41, 5.74) is -1.70. The molecule has 0 radical (unpaired) electrons. The van der Waals surface area contributed by atoms with E-state index in [2.05, 4.69) is 40.7 Å². The summed E-state index contributed by atoms with van der Waals surface area (Å²) in [4.78, 5) is 15.1. The summed E-state index contributed by atoms with van der Waals surface area (Å²) < 4.78 is 47.1. The summed E-state index contributed by atoms with van der Waals surface area (Å²) in [6.07, 6.45) is -23.6. The molecule has 4 heterocycles. The van der Waals surface area contributed by atoms with Crippen LogP contribution in [0.1, 0.15) is 113 Å². The minimum Gasteiger partial charge on any atom is -0.432 e. The fraction of sp³-hybridized carbons (Fsp3) is 0.944. The van der Waals surface area contributed by atoms with Crippen molar-refractivity contribution in [3.05, 3.63) is 11.6 Å². The maximum atomic E-state index is 15.1. The number of esters is 1. The SMILES string of the molecule is CC1OC(OC2C(CO)OC(OCC3OC(OC(=O)C45CCC(C)(C)CC4C4=CCC6C7(C)CCC(OC8OC(CO)C(O)C(O)C8O)C(C)(CO)C7CCC6(C)C4(C)CC5)C(O)C(O)C3O)C(O)C2O)C(O)C(O)C1O. The van der Waals surface area contributed by atoms with Gasteiger partial charge in [-0.05, 0) is 111 Å². The van der Waals surface area contributed by atoms with Crippen LogP contribution in [0.5, 0.6) is 0 Å². The summed E-state index contributed by atoms with van der Waals surface area (Å²) in [5.74, 6) is -0.744. The number of ether oxygens (including phenoxy) is 8. The molecule has 9 rings (SSSR count). The molecule has 442 valence electrons. The van der Waals surface area contributed by atoms with E-state index in [4.69, 9.17) is 37.9 Å². The predicted molar refractivity (Wildman–Crippen MR) is 263 cm³/mol. The van der Waals surface area contributed by atoms with E-state index < -0.39 is 166 Å². The van der Waals surface area contributed by atoms with Gasteiger partial charge in [-0.15, -0.1) is 0 Å². The zero-order valence-corrected chi connectivity index (χ0v) is 45.3. The number of carbonyl (C=O) groups is 1. The van der Waals surface area contributed by atoms with E-state index in [0.29, 0.717) is 44.9 Å². The molecule has 77 heavy (non-hydrogen) atoms. The van der Waals surface area contributed by atoms with Gasteiger partial charge in [0.05, 0.1) is 44.1 Å². The fourth-order valence-electron chi connectivity index (χ4n) is 16.4. The summed E-state index contributed by atoms with van der Waals surface area (Å²) in [6, 6.07) is 0. The zero-order chi connectivity index (χ0) is 56.3. The van der Waals surface area contributed by atoms with E-state index in [1.165, 1.54) is 12.5 Å². The topological polar surface area (TPSA) is 374 Å². The van der Waals surface area contributed by atoms with E-state index in [-0.39, 0.29) is 46.0 Å². The van der Waals surface area contributed by atoms with E-state index >= 15 is 4.79 Å². The lowest BCUT2D eigenvalue weighted by molar-refractivity contribution is -0.361. The third-order valence-electron chi connectivity index (χ3n) is 21.5. The highest BCUT2D eigenvalue weighted by Gasteiger charge is 2.71. The third kappa shape index (κ3) is 9.80. The Labute approximate surface area is 449 Å². The Morgan fingerprint density at radius 2 is 1.16 bits per heavy atom. The minimum atomic E-state index is -1.89. The van der Waals surface area contributed by atoms with Gasteiger partial charge >= 0.3 is 5.97 Å². The van der Waals surface area contributed by atoms with Crippen molar-refractivity contribution in [1.29, 1.82) is 0 Å². The van der Waals surface area contributed by atoms with Crippen molar-refractivity contribution in [2.75, 3.05) is 26.4 Å². The molecule has 0 amide bonds. The number of aliphatic hydroxyl groups is 14. The standard InChI is InChI=1S/C54H88O23/c1-23-32(58)35(61)39(65)45(71-23)76-43-27(20-56)73-44(42(68)38(43)64)70-21-28-34(60)37(63)41(67)47(74-28)77-48(69)54-16-14-49(2,3)18-25(54)24-8-9-30-50(4)12-11-31(75-46-40(66)36(62)33(59)26(19-55)72-46)51(5,22-57)29(50)10-13-53(30,7)52(24,6)15-17-54/h8,23,25-47,55-68H,9-22H2,1-7H3. The lowest BCUT2D eigenvalue weighted by atomic mass is 9.33. The van der Waals surface area contributed by atoms with Gasteiger partial charge in [0.1, 0.15) is 91.6 Å². The van der Waals surface area contributed by atoms with Gasteiger partial charge in [-0.3, -0.25) is 4.79 Å². The Balaban J connectivity index is 0.899. The Bertz CT molecular complexity index is 2110. The van der Waals surface area contributed by atoms with Crippen LogP contribution < -0.4 is 0 Å². The highest BCUT2D eigenvalue weighted by molar-refractivity contribution is 5.79. The number of aliphatic hydroxyl groups excluding tert-OH is 14. The molecule has 4 saturated heterocycles. The monoisotopic (exact) mass is 1100 g/mol. The van der Waals surface area contributed by atoms with Crippen LogP contribution in [-0.2, 0) is 42.7 Å². The average molecular weight is 1110 g/mol. The predicted octanol–water partition coefficient (Wildman–Crippen LogP) is -2.04. The Morgan fingerprint density at radius 1 is 0.584 bits per heavy atom. The van der Waals surface area contributed by atoms with Crippen LogP contribution in [0, 0.1) is 50.2 Å². The number of hydrogen-bond donors (Lipinski definition) is 14. The lowest BCUT2D eigenvalue weighted by Crippen LogP contribution is -2.67. The Kier molecular flexibility index (Phi) is 17.0. The molecule has 0 aromatic rings. The van der Waals surface area contributed by atoms with E-state index in [1.54, 1.807) is 0 Å². The van der Waals surface area contributed by atoms with Gasteiger partial charge in [-0.25, -0.2) is 0 Å². The van der Waals surface area contributed by atoms with Crippen LogP contribution in [0.15, 0.2) is 11.6 Å². The van der Waals surface area contributed by atoms with Crippen molar-refractivity contribution >= 4 is 5.97 Å². The van der Waals surface area contributed by atoms with Gasteiger partial charge in [-0.2, -0.15) is 0 Å². The molecule has 0 bridgehead atoms. The molecule has 5 aliphatic carbocycles. The number of fused-ring (bicyclic) bond motifs is 7. The molecule has 8 fully saturated rings. The van der Waals surface area contributed by atoms with Crippen LogP contribution >= 0.6 is 0 Å². The molecule has 23 heteroatoms. The van der Waals surface area contributed by atoms with Gasteiger partial charge in [0, 0.05) is 5.41 Å². The van der Waals surface area contributed by atoms with Crippen LogP contribution in [-0.4, -0.2) is 233 Å². The van der Waals surface area contributed by atoms with Gasteiger partial charge in [0.2, 0.25) is 6.29 Å². The first-order valence-corrected chi connectivity index (χ1v) is 27.9. The van der Waals surface area contributed by atoms with Crippen molar-refractivity contribution in [3.8, 4) is 0 Å². The van der Waals surface area contributed by atoms with Crippen LogP contribution in [0.25, 0.3) is 0 Å². The van der Waals surface area contributed by atoms with Crippen LogP contribution in [0.2, 0.25) is 0 Å². The smallest absolute Gasteiger partial charge is 0.315 e. The zero-order valence-electron chi connectivity index (χ0n) is 45.3. The number of rotatable bonds is 12. The van der Waals surface area contributed by atoms with Gasteiger partial charge in [0.25, 0.3) is 0 Å². The minimum absolute atomic E-state index is 0.0249. The first kappa shape index (κ1) is 60.0. The van der Waals surface area contributed by atoms with Crippen LogP contribution in [0.4, 0.5) is 0 Å². The molecule has 29 unspecified atom stereocenters. The summed E-state index contributed by atoms with van der Waals surface area (Å²) in [5, 5.41) is 150. The molecule has 0 spiro atoms. The Hall–Kier alpha value is -1.63. The van der Waals surface area contributed by atoms with Gasteiger partial charge < -0.3 is 109 Å². The molecule has 0 aromatic carbocycles. The molecular weight excluding hydrogens is 1020 g/mol. The first-order valence-electron chi connectivity index (χ1n) is 27.9. The summed E-state index contributed by atoms with van der Waals surface area (Å²) >= 11 is 0. The van der Waals surface area contributed by atoms with E-state index in [0.717, 1.165) is 19.3 Å². The first-order chi connectivity index (χ1) is 36.1. The number of hydrogen-bond acceptors (Lipinski definition) is 23. The van der Waals surface area contributed by atoms with Gasteiger partial charge in [0.15, 0.2) is 18.9 Å². The fourth-order valence-corrected chi connectivity index (χ4v) is 16.4. The quantitative estimate of drug-likeness (QED) is 0.0569. The van der Waals surface area contributed by atoms with E-state index in [9.17, 15) is 71.5 Å². The van der Waals surface area contributed by atoms with Crippen molar-refractivity contribution in [2.45, 2.75) is 242 Å². The molecule has 9 aliphatic rings. The molecule has 23 nitrogen and oxygen atoms in total. The molecule has 4 aliphatic heterocycles. The van der Waals surface area contributed by atoms with Crippen LogP contribution in [0.3, 0.4) is 0 Å². The summed E-state index contributed by atoms with van der Waals surface area (Å²) in [6.45, 7) is 12.6. The Morgan fingerprint density at radius 3 is 1.81 bits per heavy atom. The molecular formula is C54H88O23. The maximum absolute atomic E-state index is 15.1. The van der Waals surface area contributed by atoms with Crippen molar-refractivity contribution in [1.82, 2.24) is 0 Å². The number of allylic oxidation sites excluding steroid dienone is 2. The second kappa shape index (κ2) is 21.8. The second-order valence-corrected chi connectivity index (χ2v) is 26.1. The molecule has 29 atom stereocenters. The molecule has 0 aromatic heterocycles. The molecule has 14 N–H and O–H groups in total. The highest BCUT2D eigenvalue weighted by Crippen LogP contribution is 2.76. The second-order valence-electron chi connectivity index (χ2n) is 26.1. The molecule has 4 saturated carbocycles.